The van der Waals surface area contributed by atoms with Crippen LogP contribution in [0.1, 0.15) is 25.3 Å². The van der Waals surface area contributed by atoms with Crippen molar-refractivity contribution in [2.45, 2.75) is 49.7 Å². The van der Waals surface area contributed by atoms with Gasteiger partial charge >= 0.3 is 16.1 Å². The van der Waals surface area contributed by atoms with E-state index in [9.17, 15) is 19.1 Å². The van der Waals surface area contributed by atoms with Crippen LogP contribution in [0.15, 0.2) is 25.3 Å². The number of ether oxygens (including phenoxy) is 2. The number of imidazole rings is 2. The van der Waals surface area contributed by atoms with E-state index >= 15 is 0 Å². The Hall–Kier alpha value is -3.29. The largest absolute Gasteiger partial charge is 0.694 e. The molecule has 42 heavy (non-hydrogen) atoms. The summed E-state index contributed by atoms with van der Waals surface area (Å²) < 4.78 is 54.3. The fraction of sp³-hybridized carbons (Fsp3) is 0.500. The maximum Gasteiger partial charge on any atom is 0.694 e. The van der Waals surface area contributed by atoms with Crippen LogP contribution in [-0.2, 0) is 32.2 Å². The fourth-order valence-electron chi connectivity index (χ4n) is 4.84. The Morgan fingerprint density at radius 2 is 1.50 bits per heavy atom. The number of phosphoric ester groups is 1. The zero-order valence-electron chi connectivity index (χ0n) is 21.4. The van der Waals surface area contributed by atoms with Crippen LogP contribution >= 0.6 is 16.1 Å². The summed E-state index contributed by atoms with van der Waals surface area (Å²) in [6.45, 7) is -0.937. The van der Waals surface area contributed by atoms with Crippen LogP contribution in [0.5, 0.6) is 0 Å². The number of hydrogen-bond donors (Lipinski definition) is 5. The topological polar surface area (TPSA) is 280 Å². The van der Waals surface area contributed by atoms with E-state index in [4.69, 9.17) is 39.4 Å². The van der Waals surface area contributed by atoms with Crippen LogP contribution in [0, 0.1) is 0 Å². The van der Waals surface area contributed by atoms with Gasteiger partial charge in [0.2, 0.25) is 0 Å². The minimum absolute atomic E-state index is 0.0111. The van der Waals surface area contributed by atoms with Crippen LogP contribution in [0.25, 0.3) is 22.3 Å². The van der Waals surface area contributed by atoms with Gasteiger partial charge in [-0.25, -0.2) is 34.5 Å². The molecule has 2 aliphatic rings. The molecule has 2 saturated heterocycles. The van der Waals surface area contributed by atoms with E-state index < -0.39 is 66.2 Å². The monoisotopic (exact) mass is 627 g/mol. The van der Waals surface area contributed by atoms with E-state index in [-0.39, 0.29) is 24.5 Å². The van der Waals surface area contributed by atoms with Gasteiger partial charge in [0.25, 0.3) is 0 Å². The SMILES string of the molecule is Nc1ncnc2c1ncn2[C@H]1C[C@H](OP(=O)(O)OC[C@H]2O[C@@H](n3cnc4c(N)ncnc43)C[C@@H]2O)[C@@H](CO[P+](=O)O)O1. The number of nitrogen functional groups attached to an aromatic ring is 2. The van der Waals surface area contributed by atoms with Crippen molar-refractivity contribution in [2.75, 3.05) is 24.7 Å². The number of hydrogen-bond acceptors (Lipinski definition) is 16. The summed E-state index contributed by atoms with van der Waals surface area (Å²) in [4.78, 5) is 44.1. The number of nitrogens with two attached hydrogens (primary N) is 2. The highest BCUT2D eigenvalue weighted by atomic mass is 31.2. The first-order valence-electron chi connectivity index (χ1n) is 12.4. The number of fused-ring (bicyclic) bond motifs is 2. The molecule has 8 atom stereocenters. The molecule has 22 heteroatoms. The van der Waals surface area contributed by atoms with Crippen molar-refractivity contribution in [3.63, 3.8) is 0 Å². The van der Waals surface area contributed by atoms with E-state index in [1.54, 1.807) is 4.57 Å². The molecule has 0 aromatic carbocycles. The van der Waals surface area contributed by atoms with Gasteiger partial charge in [-0.1, -0.05) is 0 Å². The Kier molecular flexibility index (Phi) is 7.83. The summed E-state index contributed by atoms with van der Waals surface area (Å²) in [5.41, 5.74) is 13.1. The lowest BCUT2D eigenvalue weighted by Gasteiger charge is -2.21. The number of phosphoric acid groups is 1. The summed E-state index contributed by atoms with van der Waals surface area (Å²) >= 11 is 0. The molecule has 2 aliphatic heterocycles. The van der Waals surface area contributed by atoms with Gasteiger partial charge in [0.15, 0.2) is 22.9 Å². The minimum Gasteiger partial charge on any atom is -0.390 e. The van der Waals surface area contributed by atoms with Gasteiger partial charge in [-0.3, -0.25) is 18.2 Å². The van der Waals surface area contributed by atoms with Crippen molar-refractivity contribution in [1.29, 1.82) is 0 Å². The molecule has 0 bridgehead atoms. The van der Waals surface area contributed by atoms with Gasteiger partial charge < -0.3 is 30.9 Å². The first-order valence-corrected chi connectivity index (χ1v) is 15.0. The second-order valence-electron chi connectivity index (χ2n) is 9.40. The predicted molar refractivity (Wildman–Crippen MR) is 139 cm³/mol. The third kappa shape index (κ3) is 5.69. The van der Waals surface area contributed by atoms with E-state index in [0.29, 0.717) is 22.3 Å². The van der Waals surface area contributed by atoms with Crippen molar-refractivity contribution in [3.8, 4) is 0 Å². The van der Waals surface area contributed by atoms with Crippen LogP contribution in [0.2, 0.25) is 0 Å². The normalized spacial score (nSPS) is 28.0. The van der Waals surface area contributed by atoms with E-state index in [2.05, 4.69) is 29.9 Å². The third-order valence-corrected chi connectivity index (χ3v) is 8.18. The van der Waals surface area contributed by atoms with Gasteiger partial charge in [0, 0.05) is 17.4 Å². The second kappa shape index (κ2) is 11.4. The molecule has 0 aliphatic carbocycles. The predicted octanol–water partition coefficient (Wildman–Crippen LogP) is -0.0650. The highest BCUT2D eigenvalue weighted by Gasteiger charge is 2.45. The number of aromatic nitrogens is 8. The lowest BCUT2D eigenvalue weighted by Crippen LogP contribution is -2.29. The first-order chi connectivity index (χ1) is 20.1. The number of aliphatic hydroxyl groups is 1. The number of rotatable bonds is 10. The van der Waals surface area contributed by atoms with Crippen molar-refractivity contribution >= 4 is 50.0 Å². The zero-order valence-corrected chi connectivity index (χ0v) is 23.2. The van der Waals surface area contributed by atoms with E-state index in [0.717, 1.165) is 0 Å². The van der Waals surface area contributed by atoms with Crippen LogP contribution in [0.3, 0.4) is 0 Å². The molecule has 6 heterocycles. The Morgan fingerprint density at radius 3 is 2.10 bits per heavy atom. The average molecular weight is 627 g/mol. The minimum atomic E-state index is -4.78. The van der Waals surface area contributed by atoms with Crippen molar-refractivity contribution in [2.24, 2.45) is 0 Å². The molecule has 2 fully saturated rings. The second-order valence-corrected chi connectivity index (χ2v) is 11.5. The van der Waals surface area contributed by atoms with Gasteiger partial charge in [0.1, 0.15) is 61.1 Å². The highest BCUT2D eigenvalue weighted by molar-refractivity contribution is 7.47. The summed E-state index contributed by atoms with van der Waals surface area (Å²) in [6, 6.07) is 0. The molecule has 0 spiro atoms. The molecule has 4 aromatic heterocycles. The van der Waals surface area contributed by atoms with Crippen LogP contribution < -0.4 is 11.5 Å². The third-order valence-electron chi connectivity index (χ3n) is 6.80. The fourth-order valence-corrected chi connectivity index (χ4v) is 6.07. The zero-order chi connectivity index (χ0) is 29.6. The molecule has 7 N–H and O–H groups in total. The molecular formula is C20H25N10O10P2+. The Morgan fingerprint density at radius 1 is 0.929 bits per heavy atom. The van der Waals surface area contributed by atoms with Gasteiger partial charge in [-0.2, -0.15) is 0 Å². The van der Waals surface area contributed by atoms with Crippen LogP contribution in [-0.4, -0.2) is 91.6 Å². The maximum atomic E-state index is 13.0. The van der Waals surface area contributed by atoms with E-state index in [1.165, 1.54) is 29.9 Å². The molecule has 4 aromatic rings. The van der Waals surface area contributed by atoms with E-state index in [1.807, 2.05) is 0 Å². The number of nitrogens with zero attached hydrogens (tertiary/aromatic N) is 8. The Bertz CT molecular complexity index is 1670. The number of aliphatic hydroxyl groups excluding tert-OH is 1. The first kappa shape index (κ1) is 28.8. The van der Waals surface area contributed by atoms with Crippen LogP contribution in [0.4, 0.5) is 11.6 Å². The van der Waals surface area contributed by atoms with Crippen molar-refractivity contribution < 1.29 is 47.1 Å². The lowest BCUT2D eigenvalue weighted by molar-refractivity contribution is -0.0534. The quantitative estimate of drug-likeness (QED) is 0.144. The standard InChI is InChI=1S/C20H24N10O10P2/c21-17-15-19(25-5-23-17)29(7-27-15)13-1-9(31)11(38-13)4-37-42(34,35)40-10-2-14(39-12(10)3-36-41(32)33)30-8-28-16-18(22)24-6-26-20(16)30/h5-14,31H,1-4H2,(H5-,21,22,23,24,25,26,32,33,34,35)/p+1/t9-,10-,11+,12+,13+,14+/m0/s1. The van der Waals surface area contributed by atoms with Crippen molar-refractivity contribution in [1.82, 2.24) is 39.0 Å². The smallest absolute Gasteiger partial charge is 0.390 e. The lowest BCUT2D eigenvalue weighted by atomic mass is 10.2. The summed E-state index contributed by atoms with van der Waals surface area (Å²) in [5.74, 6) is 0.328. The average Bonchev–Trinajstić information content (AvgIpc) is 3.72. The molecule has 6 rings (SSSR count). The van der Waals surface area contributed by atoms with Gasteiger partial charge in [0.05, 0.1) is 25.4 Å². The molecule has 0 amide bonds. The molecular weight excluding hydrogens is 602 g/mol. The highest BCUT2D eigenvalue weighted by Crippen LogP contribution is 2.49. The van der Waals surface area contributed by atoms with Crippen molar-refractivity contribution in [3.05, 3.63) is 25.3 Å². The van der Waals surface area contributed by atoms with Gasteiger partial charge in [-0.05, 0) is 0 Å². The summed E-state index contributed by atoms with van der Waals surface area (Å²) in [7, 11) is -7.76. The Labute approximate surface area is 236 Å². The maximum absolute atomic E-state index is 13.0. The number of anilines is 2. The Balaban J connectivity index is 1.12. The molecule has 0 saturated carbocycles. The summed E-state index contributed by atoms with van der Waals surface area (Å²) in [5, 5.41) is 10.6. The summed E-state index contributed by atoms with van der Waals surface area (Å²) in [6.07, 6.45) is -0.288. The molecule has 224 valence electrons. The molecule has 0 radical (unpaired) electrons. The molecule has 20 nitrogen and oxygen atoms in total. The molecule has 2 unspecified atom stereocenters. The van der Waals surface area contributed by atoms with Gasteiger partial charge in [-0.15, -0.1) is 9.42 Å².